The van der Waals surface area contributed by atoms with Crippen LogP contribution >= 0.6 is 0 Å². The van der Waals surface area contributed by atoms with Crippen molar-refractivity contribution in [3.05, 3.63) is 83.7 Å². The topological polar surface area (TPSA) is 90.8 Å². The summed E-state index contributed by atoms with van der Waals surface area (Å²) in [5.41, 5.74) is 5.07. The van der Waals surface area contributed by atoms with Gasteiger partial charge in [0.2, 0.25) is 0 Å². The highest BCUT2D eigenvalue weighted by molar-refractivity contribution is 5.94. The Balaban J connectivity index is 1.81. The Labute approximate surface area is 167 Å². The van der Waals surface area contributed by atoms with E-state index in [1.54, 1.807) is 25.4 Å². The Hall–Kier alpha value is -4.11. The van der Waals surface area contributed by atoms with Crippen LogP contribution in [0.2, 0.25) is 0 Å². The number of hydrogen-bond donors (Lipinski definition) is 2. The van der Waals surface area contributed by atoms with Gasteiger partial charge in [-0.3, -0.25) is 10.1 Å². The first-order chi connectivity index (χ1) is 14.2. The highest BCUT2D eigenvalue weighted by atomic mass is 16.5. The smallest absolute Gasteiger partial charge is 0.282 e. The number of benzene rings is 2. The summed E-state index contributed by atoms with van der Waals surface area (Å²) in [6, 6.07) is 21.2. The molecule has 0 atom stereocenters. The molecule has 0 saturated heterocycles. The maximum absolute atomic E-state index is 12.0. The maximum Gasteiger partial charge on any atom is 0.282 e. The summed E-state index contributed by atoms with van der Waals surface area (Å²) in [4.78, 5) is 19.9. The highest BCUT2D eigenvalue weighted by Crippen LogP contribution is 2.33. The normalized spacial score (nSPS) is 10.5. The number of carbonyl (C=O) groups is 1. The molecule has 1 amide bonds. The fraction of sp³-hybridized carbons (Fsp3) is 0.0870. The van der Waals surface area contributed by atoms with E-state index < -0.39 is 5.91 Å². The fourth-order valence-electron chi connectivity index (χ4n) is 3.40. The van der Waals surface area contributed by atoms with E-state index in [2.05, 4.69) is 27.4 Å². The molecule has 0 radical (unpaired) electrons. The van der Waals surface area contributed by atoms with Crippen molar-refractivity contribution in [1.82, 2.24) is 15.3 Å². The summed E-state index contributed by atoms with van der Waals surface area (Å²) in [5, 5.41) is 11.9. The summed E-state index contributed by atoms with van der Waals surface area (Å²) in [6.45, 7) is 0. The standard InChI is InChI=1S/C23H18N4O2/c1-29-17-10-11-18-19(12-16-8-5-9-20(26-16)23(28)25-14-24)22(27-21(18)13-17)15-6-3-2-4-7-15/h2-11,13,27H,12H2,1H3,(H,25,28). The van der Waals surface area contributed by atoms with Gasteiger partial charge in [-0.25, -0.2) is 4.98 Å². The van der Waals surface area contributed by atoms with Gasteiger partial charge >= 0.3 is 0 Å². The third-order valence-corrected chi connectivity index (χ3v) is 4.74. The van der Waals surface area contributed by atoms with Crippen LogP contribution in [0.15, 0.2) is 66.7 Å². The van der Waals surface area contributed by atoms with E-state index in [0.717, 1.165) is 39.2 Å². The van der Waals surface area contributed by atoms with Gasteiger partial charge in [0.15, 0.2) is 6.19 Å². The van der Waals surface area contributed by atoms with E-state index in [-0.39, 0.29) is 5.69 Å². The van der Waals surface area contributed by atoms with Crippen molar-refractivity contribution in [1.29, 1.82) is 5.26 Å². The van der Waals surface area contributed by atoms with E-state index in [4.69, 9.17) is 10.00 Å². The van der Waals surface area contributed by atoms with E-state index in [1.165, 1.54) is 0 Å². The van der Waals surface area contributed by atoms with Crippen molar-refractivity contribution < 1.29 is 9.53 Å². The van der Waals surface area contributed by atoms with Gasteiger partial charge in [-0.1, -0.05) is 36.4 Å². The summed E-state index contributed by atoms with van der Waals surface area (Å²) in [6.07, 6.45) is 2.17. The van der Waals surface area contributed by atoms with Crippen LogP contribution in [0.4, 0.5) is 0 Å². The molecule has 6 heteroatoms. The molecule has 6 nitrogen and oxygen atoms in total. The molecule has 0 saturated carbocycles. The van der Waals surface area contributed by atoms with Gasteiger partial charge in [-0.05, 0) is 35.4 Å². The first-order valence-electron chi connectivity index (χ1n) is 9.09. The number of methoxy groups -OCH3 is 1. The van der Waals surface area contributed by atoms with Gasteiger partial charge < -0.3 is 9.72 Å². The van der Waals surface area contributed by atoms with Gasteiger partial charge in [0.25, 0.3) is 5.91 Å². The highest BCUT2D eigenvalue weighted by Gasteiger charge is 2.16. The van der Waals surface area contributed by atoms with Crippen molar-refractivity contribution in [3.63, 3.8) is 0 Å². The average molecular weight is 382 g/mol. The third-order valence-electron chi connectivity index (χ3n) is 4.74. The van der Waals surface area contributed by atoms with Gasteiger partial charge in [-0.2, -0.15) is 5.26 Å². The number of nitrogens with one attached hydrogen (secondary N) is 2. The Morgan fingerprint density at radius 1 is 1.14 bits per heavy atom. The maximum atomic E-state index is 12.0. The first kappa shape index (κ1) is 18.3. The number of nitrogens with zero attached hydrogens (tertiary/aromatic N) is 2. The minimum Gasteiger partial charge on any atom is -0.497 e. The molecule has 0 spiro atoms. The van der Waals surface area contributed by atoms with Crippen LogP contribution in [0.5, 0.6) is 5.75 Å². The van der Waals surface area contributed by atoms with Crippen LogP contribution in [0, 0.1) is 11.5 Å². The Bertz CT molecular complexity index is 1220. The molecule has 4 aromatic rings. The van der Waals surface area contributed by atoms with Crippen LogP contribution in [-0.4, -0.2) is 23.0 Å². The van der Waals surface area contributed by atoms with Gasteiger partial charge in [0.1, 0.15) is 11.4 Å². The lowest BCUT2D eigenvalue weighted by Crippen LogP contribution is -2.19. The van der Waals surface area contributed by atoms with Gasteiger partial charge in [0.05, 0.1) is 12.8 Å². The molecule has 0 bridgehead atoms. The number of rotatable bonds is 5. The molecule has 2 heterocycles. The molecule has 0 fully saturated rings. The number of aromatic nitrogens is 2. The molecule has 2 N–H and O–H groups in total. The lowest BCUT2D eigenvalue weighted by molar-refractivity contribution is 0.0967. The Morgan fingerprint density at radius 2 is 1.97 bits per heavy atom. The Kier molecular flexibility index (Phi) is 4.95. The lowest BCUT2D eigenvalue weighted by atomic mass is 10.0. The zero-order chi connectivity index (χ0) is 20.2. The van der Waals surface area contributed by atoms with Crippen molar-refractivity contribution in [2.75, 3.05) is 7.11 Å². The Morgan fingerprint density at radius 3 is 2.72 bits per heavy atom. The molecular formula is C23H18N4O2. The molecule has 4 rings (SSSR count). The van der Waals surface area contributed by atoms with E-state index in [0.29, 0.717) is 6.42 Å². The predicted molar refractivity (Wildman–Crippen MR) is 110 cm³/mol. The summed E-state index contributed by atoms with van der Waals surface area (Å²) >= 11 is 0. The number of pyridine rings is 1. The fourth-order valence-corrected chi connectivity index (χ4v) is 3.40. The monoisotopic (exact) mass is 382 g/mol. The summed E-state index contributed by atoms with van der Waals surface area (Å²) < 4.78 is 5.36. The molecule has 0 aliphatic rings. The number of hydrogen-bond acceptors (Lipinski definition) is 4. The van der Waals surface area contributed by atoms with Crippen molar-refractivity contribution in [2.24, 2.45) is 0 Å². The second kappa shape index (κ2) is 7.87. The first-order valence-corrected chi connectivity index (χ1v) is 9.09. The SMILES string of the molecule is COc1ccc2c(Cc3cccc(C(=O)NC#N)n3)c(-c3ccccc3)[nH]c2c1. The number of nitriles is 1. The molecule has 2 aromatic heterocycles. The minimum atomic E-state index is -0.513. The summed E-state index contributed by atoms with van der Waals surface area (Å²) in [5.74, 6) is 0.263. The van der Waals surface area contributed by atoms with E-state index >= 15 is 0 Å². The molecule has 0 unspecified atom stereocenters. The second-order valence-electron chi connectivity index (χ2n) is 6.51. The second-order valence-corrected chi connectivity index (χ2v) is 6.51. The van der Waals surface area contributed by atoms with Gasteiger partial charge in [-0.15, -0.1) is 0 Å². The van der Waals surface area contributed by atoms with Crippen molar-refractivity contribution in [2.45, 2.75) is 6.42 Å². The number of carbonyl (C=O) groups excluding carboxylic acids is 1. The lowest BCUT2D eigenvalue weighted by Gasteiger charge is -2.07. The van der Waals surface area contributed by atoms with Crippen molar-refractivity contribution >= 4 is 16.8 Å². The number of H-pyrrole nitrogens is 1. The van der Waals surface area contributed by atoms with E-state index in [1.807, 2.05) is 42.5 Å². The summed E-state index contributed by atoms with van der Waals surface area (Å²) in [7, 11) is 1.64. The quantitative estimate of drug-likeness (QED) is 0.403. The average Bonchev–Trinajstić information content (AvgIpc) is 3.12. The number of amides is 1. The van der Waals surface area contributed by atoms with Crippen LogP contribution in [0.3, 0.4) is 0 Å². The molecule has 0 aliphatic carbocycles. The van der Waals surface area contributed by atoms with Crippen LogP contribution < -0.4 is 10.1 Å². The van der Waals surface area contributed by atoms with Crippen LogP contribution in [-0.2, 0) is 6.42 Å². The van der Waals surface area contributed by atoms with Gasteiger partial charge in [0, 0.05) is 29.1 Å². The number of fused-ring (bicyclic) bond motifs is 1. The number of aromatic amines is 1. The predicted octanol–water partition coefficient (Wildman–Crippen LogP) is 4.04. The molecular weight excluding hydrogens is 364 g/mol. The van der Waals surface area contributed by atoms with Crippen LogP contribution in [0.25, 0.3) is 22.2 Å². The van der Waals surface area contributed by atoms with Crippen molar-refractivity contribution in [3.8, 4) is 23.2 Å². The zero-order valence-corrected chi connectivity index (χ0v) is 15.8. The molecule has 29 heavy (non-hydrogen) atoms. The molecule has 142 valence electrons. The zero-order valence-electron chi connectivity index (χ0n) is 15.8. The molecule has 2 aromatic carbocycles. The van der Waals surface area contributed by atoms with Crippen LogP contribution in [0.1, 0.15) is 21.7 Å². The largest absolute Gasteiger partial charge is 0.497 e. The van der Waals surface area contributed by atoms with E-state index in [9.17, 15) is 4.79 Å². The third kappa shape index (κ3) is 3.66. The minimum absolute atomic E-state index is 0.215. The molecule has 0 aliphatic heterocycles. The number of ether oxygens (including phenoxy) is 1.